The molecule has 0 radical (unpaired) electrons. The van der Waals surface area contributed by atoms with E-state index in [1.165, 1.54) is 34.1 Å². The van der Waals surface area contributed by atoms with Gasteiger partial charge in [0.15, 0.2) is 5.16 Å². The molecule has 0 unspecified atom stereocenters. The number of amides is 1. The van der Waals surface area contributed by atoms with E-state index < -0.39 is 10.8 Å². The number of anilines is 1. The summed E-state index contributed by atoms with van der Waals surface area (Å²) in [4.78, 5) is 39.6. The lowest BCUT2D eigenvalue weighted by Crippen LogP contribution is -2.23. The molecule has 1 amide bonds. The zero-order valence-corrected chi connectivity index (χ0v) is 16.6. The van der Waals surface area contributed by atoms with Crippen molar-refractivity contribution < 1.29 is 9.72 Å². The molecule has 0 aliphatic heterocycles. The van der Waals surface area contributed by atoms with Crippen molar-refractivity contribution in [1.82, 2.24) is 9.55 Å². The van der Waals surface area contributed by atoms with Crippen LogP contribution in [0.5, 0.6) is 0 Å². The van der Waals surface area contributed by atoms with Crippen LogP contribution in [0.25, 0.3) is 10.2 Å². The second kappa shape index (κ2) is 8.55. The molecule has 8 nitrogen and oxygen atoms in total. The first-order chi connectivity index (χ1) is 13.4. The number of benzene rings is 1. The Kier molecular flexibility index (Phi) is 6.12. The number of hydrogen-bond acceptors (Lipinski definition) is 7. The molecule has 28 heavy (non-hydrogen) atoms. The van der Waals surface area contributed by atoms with Crippen LogP contribution in [0.4, 0.5) is 11.4 Å². The molecule has 11 heteroatoms. The fourth-order valence-electron chi connectivity index (χ4n) is 2.38. The Bertz CT molecular complexity index is 1140. The van der Waals surface area contributed by atoms with Gasteiger partial charge in [-0.2, -0.15) is 0 Å². The van der Waals surface area contributed by atoms with E-state index >= 15 is 0 Å². The van der Waals surface area contributed by atoms with Crippen LogP contribution in [0.1, 0.15) is 0 Å². The van der Waals surface area contributed by atoms with Crippen molar-refractivity contribution in [3.63, 3.8) is 0 Å². The number of allylic oxidation sites excluding steroid dienone is 1. The van der Waals surface area contributed by atoms with Crippen molar-refractivity contribution in [2.24, 2.45) is 0 Å². The largest absolute Gasteiger partial charge is 0.325 e. The van der Waals surface area contributed by atoms with Gasteiger partial charge in [-0.15, -0.1) is 17.9 Å². The molecule has 0 saturated heterocycles. The first-order valence-electron chi connectivity index (χ1n) is 7.86. The Hall–Kier alpha value is -2.69. The number of thioether (sulfide) groups is 1. The standard InChI is InChI=1S/C17H13ClN4O4S2/c1-2-6-21-16(24)15-12(5-7-27-15)20-17(21)28-9-14(23)19-10-3-4-11(18)13(8-10)22(25)26/h2-5,7-8H,1,6,9H2,(H,19,23). The highest BCUT2D eigenvalue weighted by atomic mass is 35.5. The Balaban J connectivity index is 1.77. The fourth-order valence-corrected chi connectivity index (χ4v) is 4.15. The number of fused-ring (bicyclic) bond motifs is 1. The lowest BCUT2D eigenvalue weighted by molar-refractivity contribution is -0.384. The number of nitrogens with zero attached hydrogens (tertiary/aromatic N) is 3. The van der Waals surface area contributed by atoms with Gasteiger partial charge in [-0.05, 0) is 23.6 Å². The number of nitro benzene ring substituents is 1. The number of carbonyl (C=O) groups excluding carboxylic acids is 1. The highest BCUT2D eigenvalue weighted by molar-refractivity contribution is 7.99. The molecule has 1 N–H and O–H groups in total. The fraction of sp³-hybridized carbons (Fsp3) is 0.118. The van der Waals surface area contributed by atoms with Gasteiger partial charge in [0.05, 0.1) is 16.2 Å². The van der Waals surface area contributed by atoms with Gasteiger partial charge in [0.1, 0.15) is 9.72 Å². The van der Waals surface area contributed by atoms with Gasteiger partial charge >= 0.3 is 0 Å². The molecule has 0 spiro atoms. The molecule has 2 aromatic heterocycles. The zero-order chi connectivity index (χ0) is 20.3. The minimum atomic E-state index is -0.624. The summed E-state index contributed by atoms with van der Waals surface area (Å²) >= 11 is 8.17. The third kappa shape index (κ3) is 4.24. The lowest BCUT2D eigenvalue weighted by Gasteiger charge is -2.10. The predicted octanol–water partition coefficient (Wildman–Crippen LogP) is 3.94. The van der Waals surface area contributed by atoms with Gasteiger partial charge in [-0.1, -0.05) is 29.4 Å². The van der Waals surface area contributed by atoms with E-state index in [1.807, 2.05) is 0 Å². The van der Waals surface area contributed by atoms with Crippen LogP contribution in [0.15, 0.2) is 52.3 Å². The van der Waals surface area contributed by atoms with E-state index in [0.29, 0.717) is 15.4 Å². The molecule has 0 aliphatic carbocycles. The second-order valence-electron chi connectivity index (χ2n) is 5.49. The first kappa shape index (κ1) is 20.1. The van der Waals surface area contributed by atoms with Crippen molar-refractivity contribution in [2.45, 2.75) is 11.7 Å². The van der Waals surface area contributed by atoms with Crippen molar-refractivity contribution in [1.29, 1.82) is 0 Å². The third-order valence-corrected chi connectivity index (χ3v) is 5.79. The summed E-state index contributed by atoms with van der Waals surface area (Å²) in [5, 5.41) is 15.7. The molecule has 2 heterocycles. The molecule has 0 atom stereocenters. The Morgan fingerprint density at radius 1 is 1.46 bits per heavy atom. The van der Waals surface area contributed by atoms with Crippen molar-refractivity contribution in [2.75, 3.05) is 11.1 Å². The Morgan fingerprint density at radius 2 is 2.25 bits per heavy atom. The molecule has 3 aromatic rings. The highest BCUT2D eigenvalue weighted by Gasteiger charge is 2.16. The average molecular weight is 437 g/mol. The van der Waals surface area contributed by atoms with E-state index in [9.17, 15) is 19.7 Å². The van der Waals surface area contributed by atoms with Gasteiger partial charge in [0.25, 0.3) is 11.2 Å². The van der Waals surface area contributed by atoms with Crippen molar-refractivity contribution in [3.05, 3.63) is 67.8 Å². The maximum Gasteiger partial charge on any atom is 0.289 e. The minimum Gasteiger partial charge on any atom is -0.325 e. The topological polar surface area (TPSA) is 107 Å². The number of rotatable bonds is 7. The van der Waals surface area contributed by atoms with Crippen LogP contribution in [0.3, 0.4) is 0 Å². The Labute approximate surface area is 172 Å². The van der Waals surface area contributed by atoms with E-state index in [4.69, 9.17) is 11.6 Å². The summed E-state index contributed by atoms with van der Waals surface area (Å²) in [5.74, 6) is -0.429. The monoisotopic (exact) mass is 436 g/mol. The van der Waals surface area contributed by atoms with Crippen LogP contribution in [-0.4, -0.2) is 26.1 Å². The summed E-state index contributed by atoms with van der Waals surface area (Å²) in [6.07, 6.45) is 1.58. The van der Waals surface area contributed by atoms with Crippen LogP contribution >= 0.6 is 34.7 Å². The third-order valence-electron chi connectivity index (χ3n) is 3.60. The first-order valence-corrected chi connectivity index (χ1v) is 10.1. The van der Waals surface area contributed by atoms with Gasteiger partial charge in [-0.25, -0.2) is 4.98 Å². The summed E-state index contributed by atoms with van der Waals surface area (Å²) < 4.78 is 2.00. The molecular weight excluding hydrogens is 424 g/mol. The summed E-state index contributed by atoms with van der Waals surface area (Å²) in [7, 11) is 0. The van der Waals surface area contributed by atoms with Crippen LogP contribution in [0, 0.1) is 10.1 Å². The summed E-state index contributed by atoms with van der Waals surface area (Å²) in [5.41, 5.74) is 0.352. The minimum absolute atomic E-state index is 0.0147. The summed E-state index contributed by atoms with van der Waals surface area (Å²) in [6, 6.07) is 5.75. The smallest absolute Gasteiger partial charge is 0.289 e. The van der Waals surface area contributed by atoms with E-state index in [-0.39, 0.29) is 34.3 Å². The van der Waals surface area contributed by atoms with Crippen LogP contribution < -0.4 is 10.9 Å². The van der Waals surface area contributed by atoms with E-state index in [1.54, 1.807) is 17.5 Å². The zero-order valence-electron chi connectivity index (χ0n) is 14.3. The molecule has 144 valence electrons. The predicted molar refractivity (Wildman–Crippen MR) is 112 cm³/mol. The SMILES string of the molecule is C=CCn1c(SCC(=O)Nc2ccc(Cl)c([N+](=O)[O-])c2)nc2ccsc2c1=O. The number of nitro groups is 1. The van der Waals surface area contributed by atoms with Gasteiger partial charge in [0.2, 0.25) is 5.91 Å². The number of hydrogen-bond donors (Lipinski definition) is 1. The van der Waals surface area contributed by atoms with Crippen LogP contribution in [0.2, 0.25) is 5.02 Å². The molecule has 0 fully saturated rings. The molecular formula is C17H13ClN4O4S2. The number of carbonyl (C=O) groups is 1. The van der Waals surface area contributed by atoms with E-state index in [2.05, 4.69) is 16.9 Å². The van der Waals surface area contributed by atoms with Gasteiger partial charge < -0.3 is 5.32 Å². The van der Waals surface area contributed by atoms with E-state index in [0.717, 1.165) is 11.8 Å². The molecule has 0 saturated carbocycles. The average Bonchev–Trinajstić information content (AvgIpc) is 3.13. The number of thiophene rings is 1. The molecule has 0 aliphatic rings. The maximum absolute atomic E-state index is 12.6. The summed E-state index contributed by atoms with van der Waals surface area (Å²) in [6.45, 7) is 3.92. The van der Waals surface area contributed by atoms with Crippen molar-refractivity contribution >= 4 is 62.2 Å². The molecule has 0 bridgehead atoms. The normalized spacial score (nSPS) is 10.8. The number of aromatic nitrogens is 2. The van der Waals surface area contributed by atoms with Gasteiger partial charge in [0, 0.05) is 18.3 Å². The Morgan fingerprint density at radius 3 is 2.96 bits per heavy atom. The highest BCUT2D eigenvalue weighted by Crippen LogP contribution is 2.27. The lowest BCUT2D eigenvalue weighted by atomic mass is 10.3. The van der Waals surface area contributed by atoms with Crippen LogP contribution in [-0.2, 0) is 11.3 Å². The van der Waals surface area contributed by atoms with Gasteiger partial charge in [-0.3, -0.25) is 24.3 Å². The quantitative estimate of drug-likeness (QED) is 0.197. The van der Waals surface area contributed by atoms with Crippen molar-refractivity contribution in [3.8, 4) is 0 Å². The number of nitrogens with one attached hydrogen (secondary N) is 1. The number of halogens is 1. The molecule has 3 rings (SSSR count). The molecule has 1 aromatic carbocycles. The second-order valence-corrected chi connectivity index (χ2v) is 7.76. The maximum atomic E-state index is 12.6.